The number of Topliss-reactive ketones (excluding diaryl/α,β-unsaturated/α-hetero) is 1. The molecule has 0 spiro atoms. The molecule has 0 bridgehead atoms. The summed E-state index contributed by atoms with van der Waals surface area (Å²) in [5.74, 6) is 0.157. The van der Waals surface area contributed by atoms with Gasteiger partial charge in [0, 0.05) is 91.8 Å². The number of aromatic nitrogens is 4. The topological polar surface area (TPSA) is 165 Å². The highest BCUT2D eigenvalue weighted by molar-refractivity contribution is 6.15. The predicted molar refractivity (Wildman–Crippen MR) is 238 cm³/mol. The van der Waals surface area contributed by atoms with Crippen LogP contribution in [0.25, 0.3) is 17.2 Å². The molecular formula is C49H58F2N8O6. The first-order valence-electron chi connectivity index (χ1n) is 23.5. The lowest BCUT2D eigenvalue weighted by Crippen LogP contribution is -2.52. The number of hydrogen-bond acceptors (Lipinski definition) is 11. The van der Waals surface area contributed by atoms with E-state index in [1.54, 1.807) is 23.1 Å². The number of unbranched alkanes of at least 4 members (excludes halogenated alkanes) is 1. The van der Waals surface area contributed by atoms with E-state index in [1.807, 2.05) is 24.3 Å². The van der Waals surface area contributed by atoms with Crippen molar-refractivity contribution in [3.8, 4) is 11.5 Å². The Kier molecular flexibility index (Phi) is 13.6. The van der Waals surface area contributed by atoms with E-state index in [2.05, 4.69) is 37.2 Å². The lowest BCUT2D eigenvalue weighted by atomic mass is 9.85. The fourth-order valence-electron chi connectivity index (χ4n) is 9.97. The molecule has 65 heavy (non-hydrogen) atoms. The van der Waals surface area contributed by atoms with E-state index in [-0.39, 0.29) is 60.2 Å². The van der Waals surface area contributed by atoms with Crippen molar-refractivity contribution in [3.63, 3.8) is 0 Å². The number of pyridine rings is 1. The minimum Gasteiger partial charge on any atom is -0.444 e. The average Bonchev–Trinajstić information content (AvgIpc) is 3.71. The molecule has 3 aromatic heterocycles. The number of nitrogens with one attached hydrogen (secondary N) is 2. The number of oxazole rings is 1. The zero-order chi connectivity index (χ0) is 45.0. The minimum atomic E-state index is -2.79. The van der Waals surface area contributed by atoms with Crippen molar-refractivity contribution in [2.24, 2.45) is 11.8 Å². The van der Waals surface area contributed by atoms with Crippen LogP contribution in [0.4, 0.5) is 14.5 Å². The summed E-state index contributed by atoms with van der Waals surface area (Å²) in [6, 6.07) is 8.55. The molecule has 1 aromatic carbocycles. The molecule has 16 heteroatoms. The maximum absolute atomic E-state index is 14.2. The molecule has 2 saturated heterocycles. The molecule has 3 amide bonds. The number of halogens is 2. The largest absolute Gasteiger partial charge is 0.444 e. The van der Waals surface area contributed by atoms with E-state index >= 15 is 0 Å². The van der Waals surface area contributed by atoms with Crippen LogP contribution in [0.1, 0.15) is 139 Å². The van der Waals surface area contributed by atoms with Gasteiger partial charge in [-0.25, -0.2) is 13.8 Å². The summed E-state index contributed by atoms with van der Waals surface area (Å²) in [4.78, 5) is 63.9. The molecule has 344 valence electrons. The van der Waals surface area contributed by atoms with Gasteiger partial charge in [0.25, 0.3) is 12.3 Å². The van der Waals surface area contributed by atoms with Gasteiger partial charge in [0.05, 0.1) is 17.7 Å². The first kappa shape index (κ1) is 44.6. The monoisotopic (exact) mass is 892 g/mol. The molecule has 2 aliphatic carbocycles. The number of hydrogen-bond donors (Lipinski definition) is 2. The van der Waals surface area contributed by atoms with E-state index in [1.165, 1.54) is 24.0 Å². The number of fused-ring (bicyclic) bond motifs is 1. The molecular weight excluding hydrogens is 835 g/mol. The molecule has 9 rings (SSSR count). The second-order valence-corrected chi connectivity index (χ2v) is 18.5. The third kappa shape index (κ3) is 10.4. The highest BCUT2D eigenvalue weighted by Gasteiger charge is 2.42. The van der Waals surface area contributed by atoms with Crippen LogP contribution in [-0.4, -0.2) is 98.0 Å². The number of carbonyl (C=O) groups excluding carboxylic acids is 4. The lowest BCUT2D eigenvalue weighted by molar-refractivity contribution is -0.136. The van der Waals surface area contributed by atoms with Crippen LogP contribution in [0.15, 0.2) is 60.0 Å². The Hall–Kier alpha value is -5.61. The van der Waals surface area contributed by atoms with Crippen molar-refractivity contribution in [1.29, 1.82) is 0 Å². The summed E-state index contributed by atoms with van der Waals surface area (Å²) < 4.78 is 42.0. The van der Waals surface area contributed by atoms with E-state index in [4.69, 9.17) is 9.15 Å². The van der Waals surface area contributed by atoms with Crippen LogP contribution in [0, 0.1) is 11.8 Å². The number of aryl methyl sites for hydroxylation is 1. The summed E-state index contributed by atoms with van der Waals surface area (Å²) in [7, 11) is 0. The summed E-state index contributed by atoms with van der Waals surface area (Å²) in [6.45, 7) is 8.39. The summed E-state index contributed by atoms with van der Waals surface area (Å²) in [5, 5.41) is 10.1. The second kappa shape index (κ2) is 19.9. The standard InChI is InChI=1S/C49H58F2N8O6/c1-30-38-5-4-6-39(44(38)49(63)59(30)41-15-16-43(61)55-47(41)62)53-20-2-3-24-64-37-18-22-57(23-19-37)27-32-10-13-36(14-11-32)58-28-34(45(56-58)46(50)51)26-42(60)40-29-65-48(54-40)33-17-21-52-35(25-33)12-9-31-7-8-31/h4-6,17,21,25,28-29,31-32,36-37,41,46,53H,1-3,7-16,18-20,22-24,26-27H2,(H,55,61,62). The van der Waals surface area contributed by atoms with Gasteiger partial charge >= 0.3 is 0 Å². The van der Waals surface area contributed by atoms with Crippen LogP contribution < -0.4 is 10.6 Å². The van der Waals surface area contributed by atoms with Gasteiger partial charge in [-0.2, -0.15) is 5.10 Å². The van der Waals surface area contributed by atoms with Crippen LogP contribution in [0.3, 0.4) is 0 Å². The van der Waals surface area contributed by atoms with Gasteiger partial charge in [-0.3, -0.25) is 39.1 Å². The van der Waals surface area contributed by atoms with Crippen LogP contribution in [-0.2, 0) is 27.2 Å². The Morgan fingerprint density at radius 2 is 1.80 bits per heavy atom. The summed E-state index contributed by atoms with van der Waals surface area (Å²) in [5.41, 5.74) is 4.06. The fraction of sp³-hybridized carbons (Fsp3) is 0.531. The Balaban J connectivity index is 0.674. The number of rotatable bonds is 19. The molecule has 4 fully saturated rings. The zero-order valence-electron chi connectivity index (χ0n) is 36.8. The van der Waals surface area contributed by atoms with Crippen molar-refractivity contribution < 1.29 is 37.1 Å². The SMILES string of the molecule is C=C1c2cccc(NCCCCOC3CCN(CC4CCC(n5cc(CC(=O)c6coc(-c7ccnc(CCC8CC8)c7)n6)c(C(F)F)n5)CC4)CC3)c2C(=O)N1C1CCC(=O)NC1=O. The van der Waals surface area contributed by atoms with E-state index < -0.39 is 24.2 Å². The maximum atomic E-state index is 14.2. The van der Waals surface area contributed by atoms with Crippen LogP contribution in [0.2, 0.25) is 0 Å². The van der Waals surface area contributed by atoms with Crippen molar-refractivity contribution in [2.75, 3.05) is 38.1 Å². The van der Waals surface area contributed by atoms with Crippen molar-refractivity contribution in [2.45, 2.75) is 121 Å². The first-order chi connectivity index (χ1) is 31.6. The Morgan fingerprint density at radius 1 is 1.00 bits per heavy atom. The number of likely N-dealkylation sites (tertiary alicyclic amines) is 1. The van der Waals surface area contributed by atoms with Gasteiger partial charge in [-0.15, -0.1) is 0 Å². The zero-order valence-corrected chi connectivity index (χ0v) is 36.8. The summed E-state index contributed by atoms with van der Waals surface area (Å²) >= 11 is 0. The van der Waals surface area contributed by atoms with Crippen molar-refractivity contribution >= 4 is 34.9 Å². The minimum absolute atomic E-state index is 0.00716. The number of ether oxygens (including phenoxy) is 1. The second-order valence-electron chi connectivity index (χ2n) is 18.5. The normalized spacial score (nSPS) is 21.9. The average molecular weight is 893 g/mol. The highest BCUT2D eigenvalue weighted by atomic mass is 19.3. The quantitative estimate of drug-likeness (QED) is 0.0533. The number of amides is 3. The van der Waals surface area contributed by atoms with Crippen LogP contribution in [0.5, 0.6) is 0 Å². The molecule has 5 aliphatic rings. The van der Waals surface area contributed by atoms with E-state index in [0.29, 0.717) is 47.5 Å². The van der Waals surface area contributed by atoms with E-state index in [0.717, 1.165) is 101 Å². The molecule has 1 unspecified atom stereocenters. The van der Waals surface area contributed by atoms with Crippen molar-refractivity contribution in [1.82, 2.24) is 34.9 Å². The summed E-state index contributed by atoms with van der Waals surface area (Å²) in [6.07, 6.45) is 14.2. The van der Waals surface area contributed by atoms with Gasteiger partial charge in [0.15, 0.2) is 5.78 Å². The number of alkyl halides is 2. The number of imide groups is 1. The van der Waals surface area contributed by atoms with Gasteiger partial charge in [0.2, 0.25) is 17.7 Å². The molecule has 6 heterocycles. The van der Waals surface area contributed by atoms with Crippen LogP contribution >= 0.6 is 0 Å². The van der Waals surface area contributed by atoms with Gasteiger partial charge in [0.1, 0.15) is 23.7 Å². The molecule has 3 aliphatic heterocycles. The Morgan fingerprint density at radius 3 is 2.57 bits per heavy atom. The third-order valence-electron chi connectivity index (χ3n) is 13.9. The maximum Gasteiger partial charge on any atom is 0.282 e. The molecule has 0 radical (unpaired) electrons. The number of carbonyl (C=O) groups is 4. The third-order valence-corrected chi connectivity index (χ3v) is 13.9. The molecule has 1 atom stereocenters. The predicted octanol–water partition coefficient (Wildman–Crippen LogP) is 7.98. The van der Waals surface area contributed by atoms with Gasteiger partial charge in [-0.05, 0) is 101 Å². The first-order valence-corrected chi connectivity index (χ1v) is 23.5. The number of nitrogens with zero attached hydrogens (tertiary/aromatic N) is 6. The molecule has 2 N–H and O–H groups in total. The molecule has 2 saturated carbocycles. The Bertz CT molecular complexity index is 2400. The lowest BCUT2D eigenvalue weighted by Gasteiger charge is -2.36. The number of anilines is 1. The number of benzene rings is 1. The molecule has 14 nitrogen and oxygen atoms in total. The number of piperidine rings is 2. The van der Waals surface area contributed by atoms with Gasteiger partial charge < -0.3 is 19.4 Å². The Labute approximate surface area is 377 Å². The number of ketones is 1. The fourth-order valence-corrected chi connectivity index (χ4v) is 9.97. The van der Waals surface area contributed by atoms with Crippen molar-refractivity contribution in [3.05, 3.63) is 89.3 Å². The molecule has 4 aromatic rings. The van der Waals surface area contributed by atoms with Gasteiger partial charge in [-0.1, -0.05) is 31.6 Å². The smallest absolute Gasteiger partial charge is 0.282 e. The van der Waals surface area contributed by atoms with E-state index in [9.17, 15) is 28.0 Å². The highest BCUT2D eigenvalue weighted by Crippen LogP contribution is 2.39.